The minimum atomic E-state index is -1.56. The first-order valence-electron chi connectivity index (χ1n) is 3.25. The Kier molecular flexibility index (Phi) is 5.24. The summed E-state index contributed by atoms with van der Waals surface area (Å²) in [7, 11) is 0. The van der Waals surface area contributed by atoms with Crippen LogP contribution in [0.25, 0.3) is 0 Å². The first-order chi connectivity index (χ1) is 6.09. The molecular formula is C7H5ClLiN2O3. The standard InChI is InChI=1S/C7H5ClN2O3.Li/c8-4-1-2-5(9-3-4)10-6(11)7(12)13;/h1-3H,(H,12,13)(H,9,10,11);. The van der Waals surface area contributed by atoms with E-state index in [1.807, 2.05) is 0 Å². The van der Waals surface area contributed by atoms with Gasteiger partial charge in [0.2, 0.25) is 0 Å². The Bertz CT molecular complexity index is 341. The number of pyridine rings is 1. The van der Waals surface area contributed by atoms with Crippen molar-refractivity contribution in [3.8, 4) is 0 Å². The van der Waals surface area contributed by atoms with Gasteiger partial charge in [-0.1, -0.05) is 11.6 Å². The molecule has 0 aliphatic rings. The van der Waals surface area contributed by atoms with E-state index in [0.29, 0.717) is 5.02 Å². The summed E-state index contributed by atoms with van der Waals surface area (Å²) in [6, 6.07) is 2.90. The van der Waals surface area contributed by atoms with E-state index in [1.54, 1.807) is 0 Å². The third kappa shape index (κ3) is 3.79. The monoisotopic (exact) mass is 207 g/mol. The molecule has 0 fully saturated rings. The average Bonchev–Trinajstić information content (AvgIpc) is 2.08. The summed E-state index contributed by atoms with van der Waals surface area (Å²) in [5, 5.41) is 10.7. The quantitative estimate of drug-likeness (QED) is 0.515. The van der Waals surface area contributed by atoms with Crippen LogP contribution in [0.15, 0.2) is 18.3 Å². The second-order valence-electron chi connectivity index (χ2n) is 2.12. The van der Waals surface area contributed by atoms with Crippen molar-refractivity contribution < 1.29 is 14.7 Å². The van der Waals surface area contributed by atoms with Crippen molar-refractivity contribution in [3.63, 3.8) is 0 Å². The van der Waals surface area contributed by atoms with E-state index in [9.17, 15) is 9.59 Å². The number of rotatable bonds is 1. The van der Waals surface area contributed by atoms with E-state index in [1.165, 1.54) is 18.3 Å². The molecule has 1 aromatic rings. The zero-order valence-corrected chi connectivity index (χ0v) is 8.08. The first-order valence-corrected chi connectivity index (χ1v) is 3.63. The van der Waals surface area contributed by atoms with E-state index in [4.69, 9.17) is 16.7 Å². The number of carboxylic acids is 1. The van der Waals surface area contributed by atoms with Gasteiger partial charge >= 0.3 is 11.9 Å². The molecule has 0 atom stereocenters. The number of aromatic nitrogens is 1. The van der Waals surface area contributed by atoms with Crippen LogP contribution in [-0.2, 0) is 9.59 Å². The molecule has 0 saturated heterocycles. The molecule has 2 N–H and O–H groups in total. The summed E-state index contributed by atoms with van der Waals surface area (Å²) in [6.07, 6.45) is 1.30. The summed E-state index contributed by atoms with van der Waals surface area (Å²) >= 11 is 5.52. The van der Waals surface area contributed by atoms with Crippen LogP contribution < -0.4 is 5.32 Å². The van der Waals surface area contributed by atoms with E-state index >= 15 is 0 Å². The van der Waals surface area contributed by atoms with E-state index in [2.05, 4.69) is 10.3 Å². The molecule has 0 aromatic carbocycles. The van der Waals surface area contributed by atoms with Crippen LogP contribution in [0.2, 0.25) is 5.02 Å². The van der Waals surface area contributed by atoms with Crippen LogP contribution in [0.4, 0.5) is 5.82 Å². The van der Waals surface area contributed by atoms with Crippen molar-refractivity contribution in [2.75, 3.05) is 5.32 Å². The van der Waals surface area contributed by atoms with E-state index in [-0.39, 0.29) is 24.7 Å². The number of hydrogen-bond acceptors (Lipinski definition) is 3. The van der Waals surface area contributed by atoms with Crippen LogP contribution >= 0.6 is 11.6 Å². The number of carboxylic acid groups (broad SMARTS) is 1. The minimum absolute atomic E-state index is 0. The fourth-order valence-electron chi connectivity index (χ4n) is 0.620. The number of carbonyl (C=O) groups is 2. The maximum atomic E-state index is 10.6. The predicted octanol–water partition coefficient (Wildman–Crippen LogP) is 0.377. The molecule has 14 heavy (non-hydrogen) atoms. The van der Waals surface area contributed by atoms with Crippen molar-refractivity contribution in [3.05, 3.63) is 23.4 Å². The molecule has 69 valence electrons. The smallest absolute Gasteiger partial charge is 0.394 e. The molecule has 0 aliphatic heterocycles. The molecule has 0 unspecified atom stereocenters. The van der Waals surface area contributed by atoms with Crippen LogP contribution in [-0.4, -0.2) is 40.8 Å². The van der Waals surface area contributed by atoms with Gasteiger partial charge in [-0.05, 0) is 12.1 Å². The zero-order chi connectivity index (χ0) is 9.84. The number of nitrogens with zero attached hydrogens (tertiary/aromatic N) is 1. The third-order valence-corrected chi connectivity index (χ3v) is 1.39. The topological polar surface area (TPSA) is 79.3 Å². The average molecular weight is 208 g/mol. The number of nitrogens with one attached hydrogen (secondary N) is 1. The number of aliphatic carboxylic acids is 1. The maximum Gasteiger partial charge on any atom is 0.394 e. The van der Waals surface area contributed by atoms with E-state index < -0.39 is 11.9 Å². The Morgan fingerprint density at radius 2 is 2.07 bits per heavy atom. The largest absolute Gasteiger partial charge is 0.474 e. The molecular weight excluding hydrogens is 202 g/mol. The van der Waals surface area contributed by atoms with Crippen molar-refractivity contribution in [1.29, 1.82) is 0 Å². The molecule has 5 nitrogen and oxygen atoms in total. The van der Waals surface area contributed by atoms with Gasteiger partial charge in [-0.15, -0.1) is 0 Å². The molecule has 0 spiro atoms. The summed E-state index contributed by atoms with van der Waals surface area (Å²) in [4.78, 5) is 24.4. The van der Waals surface area contributed by atoms with Crippen LogP contribution in [0, 0.1) is 0 Å². The van der Waals surface area contributed by atoms with Gasteiger partial charge in [0.15, 0.2) is 0 Å². The van der Waals surface area contributed by atoms with Gasteiger partial charge in [0, 0.05) is 25.1 Å². The Morgan fingerprint density at radius 1 is 1.43 bits per heavy atom. The van der Waals surface area contributed by atoms with Gasteiger partial charge in [-0.2, -0.15) is 0 Å². The maximum absolute atomic E-state index is 10.6. The van der Waals surface area contributed by atoms with Crippen LogP contribution in [0.3, 0.4) is 0 Å². The Labute approximate surface area is 96.6 Å². The Balaban J connectivity index is 0.00000169. The van der Waals surface area contributed by atoms with Gasteiger partial charge in [0.05, 0.1) is 5.02 Å². The minimum Gasteiger partial charge on any atom is -0.474 e. The predicted molar refractivity (Wildman–Crippen MR) is 51.3 cm³/mol. The summed E-state index contributed by atoms with van der Waals surface area (Å²) in [5.74, 6) is -2.54. The van der Waals surface area contributed by atoms with Crippen molar-refractivity contribution in [2.24, 2.45) is 0 Å². The van der Waals surface area contributed by atoms with Gasteiger partial charge in [0.1, 0.15) is 5.82 Å². The summed E-state index contributed by atoms with van der Waals surface area (Å²) in [6.45, 7) is 0. The SMILES string of the molecule is O=C(O)C(=O)Nc1ccc(Cl)cn1.[Li]. The molecule has 1 aromatic heterocycles. The van der Waals surface area contributed by atoms with Crippen LogP contribution in [0.1, 0.15) is 0 Å². The van der Waals surface area contributed by atoms with Crippen molar-refractivity contribution >= 4 is 48.2 Å². The number of halogens is 1. The molecule has 0 saturated carbocycles. The van der Waals surface area contributed by atoms with Crippen molar-refractivity contribution in [2.45, 2.75) is 0 Å². The molecule has 1 radical (unpaired) electrons. The molecule has 0 aliphatic carbocycles. The van der Waals surface area contributed by atoms with Gasteiger partial charge in [-0.25, -0.2) is 9.78 Å². The molecule has 1 rings (SSSR count). The van der Waals surface area contributed by atoms with Gasteiger partial charge in [0.25, 0.3) is 0 Å². The van der Waals surface area contributed by atoms with E-state index in [0.717, 1.165) is 0 Å². The molecule has 1 amide bonds. The number of amides is 1. The Morgan fingerprint density at radius 3 is 2.50 bits per heavy atom. The zero-order valence-electron chi connectivity index (χ0n) is 7.32. The fourth-order valence-corrected chi connectivity index (χ4v) is 0.731. The number of hydrogen-bond donors (Lipinski definition) is 2. The molecule has 7 heteroatoms. The summed E-state index contributed by atoms with van der Waals surface area (Å²) < 4.78 is 0. The molecule has 0 bridgehead atoms. The second-order valence-corrected chi connectivity index (χ2v) is 2.56. The van der Waals surface area contributed by atoms with Gasteiger partial charge in [-0.3, -0.25) is 4.79 Å². The molecule has 1 heterocycles. The normalized spacial score (nSPS) is 8.64. The second kappa shape index (κ2) is 5.65. The summed E-state index contributed by atoms with van der Waals surface area (Å²) in [5.41, 5.74) is 0. The number of anilines is 1. The number of carbonyl (C=O) groups excluding carboxylic acids is 1. The fraction of sp³-hybridized carbons (Fsp3) is 0. The third-order valence-electron chi connectivity index (χ3n) is 1.16. The first kappa shape index (κ1) is 13.0. The van der Waals surface area contributed by atoms with Gasteiger partial charge < -0.3 is 10.4 Å². The Hall–Kier alpha value is -1.02. The van der Waals surface area contributed by atoms with Crippen LogP contribution in [0.5, 0.6) is 0 Å². The van der Waals surface area contributed by atoms with Crippen molar-refractivity contribution in [1.82, 2.24) is 4.98 Å².